The van der Waals surface area contributed by atoms with E-state index in [0.717, 1.165) is 49.4 Å². The van der Waals surface area contributed by atoms with Crippen molar-refractivity contribution in [2.24, 2.45) is 0 Å². The Labute approximate surface area is 184 Å². The summed E-state index contributed by atoms with van der Waals surface area (Å²) in [7, 11) is -1.61. The lowest BCUT2D eigenvalue weighted by molar-refractivity contribution is 0.0659. The average Bonchev–Trinajstić information content (AvgIpc) is 2.77. The largest absolute Gasteiger partial charge is 0.495 e. The minimum atomic E-state index is -3.29. The molecule has 2 aromatic rings. The average molecular weight is 450 g/mol. The molecule has 1 heterocycles. The van der Waals surface area contributed by atoms with Crippen molar-refractivity contribution < 1.29 is 23.0 Å². The minimum absolute atomic E-state index is 0.141. The number of sulfonamides is 1. The zero-order chi connectivity index (χ0) is 22.3. The SMILES string of the molecule is COc1ccccc1N1CCN(CC(O)COc2ccccc2CNS(C)(=O)=O)CC1. The highest BCUT2D eigenvalue weighted by atomic mass is 32.2. The van der Waals surface area contributed by atoms with E-state index in [1.165, 1.54) is 0 Å². The third kappa shape index (κ3) is 7.10. The third-order valence-electron chi connectivity index (χ3n) is 5.20. The Bertz CT molecular complexity index is 946. The molecule has 2 aromatic carbocycles. The number of rotatable bonds is 10. The summed E-state index contributed by atoms with van der Waals surface area (Å²) in [5.74, 6) is 1.44. The van der Waals surface area contributed by atoms with Crippen molar-refractivity contribution >= 4 is 15.7 Å². The molecule has 1 unspecified atom stereocenters. The molecule has 1 aliphatic heterocycles. The molecule has 170 valence electrons. The van der Waals surface area contributed by atoms with Crippen LogP contribution in [-0.4, -0.2) is 77.2 Å². The van der Waals surface area contributed by atoms with Crippen molar-refractivity contribution in [2.45, 2.75) is 12.6 Å². The monoisotopic (exact) mass is 449 g/mol. The van der Waals surface area contributed by atoms with Crippen LogP contribution < -0.4 is 19.1 Å². The predicted octanol–water partition coefficient (Wildman–Crippen LogP) is 1.31. The van der Waals surface area contributed by atoms with Crippen molar-refractivity contribution in [3.8, 4) is 11.5 Å². The van der Waals surface area contributed by atoms with Crippen molar-refractivity contribution in [1.29, 1.82) is 0 Å². The van der Waals surface area contributed by atoms with Gasteiger partial charge in [0, 0.05) is 44.8 Å². The number of nitrogens with one attached hydrogen (secondary N) is 1. The smallest absolute Gasteiger partial charge is 0.209 e. The number of hydrogen-bond donors (Lipinski definition) is 2. The zero-order valence-corrected chi connectivity index (χ0v) is 18.8. The van der Waals surface area contributed by atoms with Crippen LogP contribution in [-0.2, 0) is 16.6 Å². The number of β-amino-alcohol motifs (C(OH)–C–C–N with tert-alkyl or cyclic N) is 1. The van der Waals surface area contributed by atoms with Crippen molar-refractivity contribution in [2.75, 3.05) is 57.6 Å². The number of ether oxygens (including phenoxy) is 2. The first-order chi connectivity index (χ1) is 14.9. The molecule has 9 heteroatoms. The van der Waals surface area contributed by atoms with Gasteiger partial charge in [0.25, 0.3) is 0 Å². The zero-order valence-electron chi connectivity index (χ0n) is 18.0. The summed E-state index contributed by atoms with van der Waals surface area (Å²) in [6.45, 7) is 4.19. The minimum Gasteiger partial charge on any atom is -0.495 e. The third-order valence-corrected chi connectivity index (χ3v) is 5.86. The Hall–Kier alpha value is -2.33. The molecule has 1 fully saturated rings. The van der Waals surface area contributed by atoms with Crippen LogP contribution in [0, 0.1) is 0 Å². The van der Waals surface area contributed by atoms with Gasteiger partial charge in [-0.2, -0.15) is 0 Å². The van der Waals surface area contributed by atoms with E-state index in [9.17, 15) is 13.5 Å². The molecule has 2 N–H and O–H groups in total. The van der Waals surface area contributed by atoms with Crippen molar-refractivity contribution in [3.63, 3.8) is 0 Å². The maximum Gasteiger partial charge on any atom is 0.209 e. The predicted molar refractivity (Wildman–Crippen MR) is 121 cm³/mol. The highest BCUT2D eigenvalue weighted by molar-refractivity contribution is 7.88. The van der Waals surface area contributed by atoms with Crippen LogP contribution in [0.15, 0.2) is 48.5 Å². The van der Waals surface area contributed by atoms with Crippen LogP contribution >= 0.6 is 0 Å². The van der Waals surface area contributed by atoms with Gasteiger partial charge in [0.05, 0.1) is 19.1 Å². The Morgan fingerprint density at radius 1 is 1.03 bits per heavy atom. The van der Waals surface area contributed by atoms with E-state index < -0.39 is 16.1 Å². The van der Waals surface area contributed by atoms with Crippen molar-refractivity contribution in [1.82, 2.24) is 9.62 Å². The lowest BCUT2D eigenvalue weighted by Crippen LogP contribution is -2.49. The number of nitrogens with zero attached hydrogens (tertiary/aromatic N) is 2. The lowest BCUT2D eigenvalue weighted by Gasteiger charge is -2.37. The van der Waals surface area contributed by atoms with Gasteiger partial charge in [0.1, 0.15) is 24.2 Å². The second kappa shape index (κ2) is 10.8. The Morgan fingerprint density at radius 3 is 2.35 bits per heavy atom. The molecule has 3 rings (SSSR count). The maximum absolute atomic E-state index is 11.3. The molecule has 31 heavy (non-hydrogen) atoms. The van der Waals surface area contributed by atoms with Crippen molar-refractivity contribution in [3.05, 3.63) is 54.1 Å². The quantitative estimate of drug-likeness (QED) is 0.565. The van der Waals surface area contributed by atoms with Gasteiger partial charge >= 0.3 is 0 Å². The van der Waals surface area contributed by atoms with E-state index in [1.807, 2.05) is 30.3 Å². The second-order valence-electron chi connectivity index (χ2n) is 7.63. The van der Waals surface area contributed by atoms with Gasteiger partial charge in [-0.1, -0.05) is 30.3 Å². The van der Waals surface area contributed by atoms with Gasteiger partial charge in [-0.25, -0.2) is 13.1 Å². The fourth-order valence-corrected chi connectivity index (χ4v) is 4.02. The van der Waals surface area contributed by atoms with Gasteiger partial charge in [0.15, 0.2) is 0 Å². The fraction of sp³-hybridized carbons (Fsp3) is 0.455. The number of anilines is 1. The first-order valence-corrected chi connectivity index (χ1v) is 12.2. The molecular weight excluding hydrogens is 418 g/mol. The molecule has 0 spiro atoms. The highest BCUT2D eigenvalue weighted by Crippen LogP contribution is 2.28. The molecule has 1 saturated heterocycles. The highest BCUT2D eigenvalue weighted by Gasteiger charge is 2.21. The molecule has 1 aliphatic rings. The fourth-order valence-electron chi connectivity index (χ4n) is 3.60. The lowest BCUT2D eigenvalue weighted by atomic mass is 10.2. The normalized spacial score (nSPS) is 16.2. The molecule has 0 saturated carbocycles. The molecular formula is C22H31N3O5S. The number of aliphatic hydroxyl groups is 1. The van der Waals surface area contributed by atoms with E-state index in [4.69, 9.17) is 9.47 Å². The van der Waals surface area contributed by atoms with E-state index in [1.54, 1.807) is 19.2 Å². The number of hydrogen-bond acceptors (Lipinski definition) is 7. The molecule has 0 aliphatic carbocycles. The maximum atomic E-state index is 11.3. The van der Waals surface area contributed by atoms with Crippen LogP contribution in [0.3, 0.4) is 0 Å². The number of piperazine rings is 1. The second-order valence-corrected chi connectivity index (χ2v) is 9.46. The van der Waals surface area contributed by atoms with E-state index in [0.29, 0.717) is 12.3 Å². The first kappa shape index (κ1) is 23.3. The molecule has 0 amide bonds. The van der Waals surface area contributed by atoms with Gasteiger partial charge < -0.3 is 19.5 Å². The van der Waals surface area contributed by atoms with Gasteiger partial charge in [0.2, 0.25) is 10.0 Å². The number of aliphatic hydroxyl groups excluding tert-OH is 1. The molecule has 1 atom stereocenters. The van der Waals surface area contributed by atoms with Crippen LogP contribution in [0.5, 0.6) is 11.5 Å². The van der Waals surface area contributed by atoms with E-state index >= 15 is 0 Å². The van der Waals surface area contributed by atoms with E-state index in [-0.39, 0.29) is 13.2 Å². The summed E-state index contributed by atoms with van der Waals surface area (Å²) in [5, 5.41) is 10.5. The van der Waals surface area contributed by atoms with Gasteiger partial charge in [-0.3, -0.25) is 4.90 Å². The van der Waals surface area contributed by atoms with E-state index in [2.05, 4.69) is 20.6 Å². The first-order valence-electron chi connectivity index (χ1n) is 10.3. The molecule has 0 aromatic heterocycles. The summed E-state index contributed by atoms with van der Waals surface area (Å²) < 4.78 is 36.4. The summed E-state index contributed by atoms with van der Waals surface area (Å²) >= 11 is 0. The Balaban J connectivity index is 1.47. The van der Waals surface area contributed by atoms with Gasteiger partial charge in [-0.05, 0) is 18.2 Å². The number of benzene rings is 2. The Kier molecular flexibility index (Phi) is 8.14. The van der Waals surface area contributed by atoms with Gasteiger partial charge in [-0.15, -0.1) is 0 Å². The summed E-state index contributed by atoms with van der Waals surface area (Å²) in [6.07, 6.45) is 0.474. The molecule has 0 radical (unpaired) electrons. The number of methoxy groups -OCH3 is 1. The Morgan fingerprint density at radius 2 is 1.68 bits per heavy atom. The standard InChI is InChI=1S/C22H31N3O5S/c1-29-22-10-6-4-8-20(22)25-13-11-24(12-14-25)16-19(26)17-30-21-9-5-3-7-18(21)15-23-31(2,27)28/h3-10,19,23,26H,11-17H2,1-2H3. The van der Waals surface area contributed by atoms with Crippen LogP contribution in [0.1, 0.15) is 5.56 Å². The molecule has 8 nitrogen and oxygen atoms in total. The van der Waals surface area contributed by atoms with Crippen LogP contribution in [0.25, 0.3) is 0 Å². The van der Waals surface area contributed by atoms with Crippen LogP contribution in [0.4, 0.5) is 5.69 Å². The summed E-state index contributed by atoms with van der Waals surface area (Å²) in [6, 6.07) is 15.2. The molecule has 0 bridgehead atoms. The summed E-state index contributed by atoms with van der Waals surface area (Å²) in [5.41, 5.74) is 1.82. The summed E-state index contributed by atoms with van der Waals surface area (Å²) in [4.78, 5) is 4.51. The number of para-hydroxylation sites is 3. The van der Waals surface area contributed by atoms with Crippen LogP contribution in [0.2, 0.25) is 0 Å². The topological polar surface area (TPSA) is 91.3 Å².